The fourth-order valence-corrected chi connectivity index (χ4v) is 2.51. The van der Waals surface area contributed by atoms with E-state index in [0.717, 1.165) is 11.0 Å². The van der Waals surface area contributed by atoms with Crippen LogP contribution < -0.4 is 5.32 Å². The van der Waals surface area contributed by atoms with Crippen LogP contribution in [0.3, 0.4) is 0 Å². The number of rotatable bonds is 4. The number of fused-ring (bicyclic) bond motifs is 1. The lowest BCUT2D eigenvalue weighted by atomic mass is 10.1. The number of morpholine rings is 1. The minimum absolute atomic E-state index is 0.299. The van der Waals surface area contributed by atoms with E-state index in [9.17, 15) is 14.7 Å². The van der Waals surface area contributed by atoms with Gasteiger partial charge < -0.3 is 25.0 Å². The first-order valence-corrected chi connectivity index (χ1v) is 7.40. The minimum atomic E-state index is -0.960. The molecular formula is C15H18N4O4. The van der Waals surface area contributed by atoms with Crippen LogP contribution in [-0.4, -0.2) is 70.7 Å². The molecule has 3 rings (SSSR count). The molecule has 8 nitrogen and oxygen atoms in total. The van der Waals surface area contributed by atoms with Gasteiger partial charge in [0.15, 0.2) is 0 Å². The van der Waals surface area contributed by atoms with Crippen molar-refractivity contribution in [1.29, 1.82) is 0 Å². The van der Waals surface area contributed by atoms with Crippen molar-refractivity contribution in [2.45, 2.75) is 6.04 Å². The Morgan fingerprint density at radius 2 is 2.17 bits per heavy atom. The van der Waals surface area contributed by atoms with Crippen LogP contribution in [0.4, 0.5) is 0 Å². The van der Waals surface area contributed by atoms with Crippen molar-refractivity contribution in [2.24, 2.45) is 0 Å². The molecule has 1 aliphatic rings. The summed E-state index contributed by atoms with van der Waals surface area (Å²) in [4.78, 5) is 33.3. The molecular weight excluding hydrogens is 300 g/mol. The monoisotopic (exact) mass is 318 g/mol. The molecule has 2 heterocycles. The number of aromatic amines is 1. The van der Waals surface area contributed by atoms with Crippen LogP contribution in [0.15, 0.2) is 24.5 Å². The van der Waals surface area contributed by atoms with Crippen LogP contribution >= 0.6 is 0 Å². The maximum atomic E-state index is 12.3. The largest absolute Gasteiger partial charge is 0.394 e. The molecule has 0 bridgehead atoms. The molecule has 0 saturated carbocycles. The van der Waals surface area contributed by atoms with Gasteiger partial charge in [-0.25, -0.2) is 4.98 Å². The van der Waals surface area contributed by atoms with Crippen LogP contribution in [-0.2, 0) is 9.53 Å². The number of hydrogen-bond acceptors (Lipinski definition) is 5. The topological polar surface area (TPSA) is 108 Å². The molecule has 0 aliphatic carbocycles. The van der Waals surface area contributed by atoms with Crippen molar-refractivity contribution < 1.29 is 19.4 Å². The zero-order valence-electron chi connectivity index (χ0n) is 12.5. The summed E-state index contributed by atoms with van der Waals surface area (Å²) in [6, 6.07) is 4.05. The van der Waals surface area contributed by atoms with Crippen LogP contribution in [0.2, 0.25) is 0 Å². The minimum Gasteiger partial charge on any atom is -0.394 e. The third kappa shape index (κ3) is 3.33. The number of amides is 2. The molecule has 122 valence electrons. The fourth-order valence-electron chi connectivity index (χ4n) is 2.51. The van der Waals surface area contributed by atoms with Gasteiger partial charge in [-0.2, -0.15) is 0 Å². The molecule has 1 aromatic carbocycles. The van der Waals surface area contributed by atoms with Gasteiger partial charge in [0, 0.05) is 18.7 Å². The van der Waals surface area contributed by atoms with E-state index in [1.165, 1.54) is 0 Å². The Kier molecular flexibility index (Phi) is 4.54. The van der Waals surface area contributed by atoms with Crippen LogP contribution in [0.25, 0.3) is 11.0 Å². The predicted molar refractivity (Wildman–Crippen MR) is 81.8 cm³/mol. The van der Waals surface area contributed by atoms with Gasteiger partial charge in [0.05, 0.1) is 37.2 Å². The maximum Gasteiger partial charge on any atom is 0.252 e. The normalized spacial score (nSPS) is 16.3. The second kappa shape index (κ2) is 6.76. The highest BCUT2D eigenvalue weighted by atomic mass is 16.5. The number of H-pyrrole nitrogens is 1. The number of nitrogens with one attached hydrogen (secondary N) is 2. The fraction of sp³-hybridized carbons (Fsp3) is 0.400. The quantitative estimate of drug-likeness (QED) is 0.705. The molecule has 8 heteroatoms. The molecule has 0 radical (unpaired) electrons. The first kappa shape index (κ1) is 15.4. The Morgan fingerprint density at radius 1 is 1.39 bits per heavy atom. The van der Waals surface area contributed by atoms with Gasteiger partial charge in [-0.15, -0.1) is 0 Å². The van der Waals surface area contributed by atoms with Crippen molar-refractivity contribution in [3.05, 3.63) is 30.1 Å². The van der Waals surface area contributed by atoms with Gasteiger partial charge in [0.25, 0.3) is 5.91 Å². The van der Waals surface area contributed by atoms with E-state index in [1.807, 2.05) is 0 Å². The number of carbonyl (C=O) groups excluding carboxylic acids is 2. The average Bonchev–Trinajstić information content (AvgIpc) is 3.07. The molecule has 1 atom stereocenters. The smallest absolute Gasteiger partial charge is 0.252 e. The van der Waals surface area contributed by atoms with E-state index >= 15 is 0 Å². The first-order valence-electron chi connectivity index (χ1n) is 7.40. The third-order valence-corrected chi connectivity index (χ3v) is 3.79. The molecule has 1 fully saturated rings. The van der Waals surface area contributed by atoms with Crippen LogP contribution in [0, 0.1) is 0 Å². The van der Waals surface area contributed by atoms with Crippen molar-refractivity contribution in [1.82, 2.24) is 20.2 Å². The van der Waals surface area contributed by atoms with Crippen LogP contribution in [0.1, 0.15) is 10.4 Å². The Labute approximate surface area is 132 Å². The molecule has 1 aliphatic heterocycles. The molecule has 23 heavy (non-hydrogen) atoms. The SMILES string of the molecule is O=C(NC(CO)C(=O)N1CCOCC1)c1ccc2nc[nH]c2c1. The van der Waals surface area contributed by atoms with Gasteiger partial charge in [0.2, 0.25) is 5.91 Å². The Hall–Kier alpha value is -2.45. The zero-order valence-corrected chi connectivity index (χ0v) is 12.5. The summed E-state index contributed by atoms with van der Waals surface area (Å²) in [5.41, 5.74) is 1.89. The lowest BCUT2D eigenvalue weighted by Crippen LogP contribution is -2.53. The van der Waals surface area contributed by atoms with E-state index in [4.69, 9.17) is 4.74 Å². The van der Waals surface area contributed by atoms with Crippen molar-refractivity contribution in [2.75, 3.05) is 32.9 Å². The summed E-state index contributed by atoms with van der Waals surface area (Å²) < 4.78 is 5.19. The average molecular weight is 318 g/mol. The van der Waals surface area contributed by atoms with E-state index in [0.29, 0.717) is 31.9 Å². The summed E-state index contributed by atoms with van der Waals surface area (Å²) in [5.74, 6) is -0.714. The van der Waals surface area contributed by atoms with E-state index in [-0.39, 0.29) is 5.91 Å². The zero-order chi connectivity index (χ0) is 16.2. The maximum absolute atomic E-state index is 12.3. The lowest BCUT2D eigenvalue weighted by Gasteiger charge is -2.30. The first-order chi connectivity index (χ1) is 11.2. The highest BCUT2D eigenvalue weighted by Gasteiger charge is 2.27. The number of nitrogens with zero attached hydrogens (tertiary/aromatic N) is 2. The highest BCUT2D eigenvalue weighted by Crippen LogP contribution is 2.12. The molecule has 1 saturated heterocycles. The number of carbonyl (C=O) groups is 2. The number of ether oxygens (including phenoxy) is 1. The van der Waals surface area contributed by atoms with Crippen molar-refractivity contribution in [3.8, 4) is 0 Å². The van der Waals surface area contributed by atoms with Crippen molar-refractivity contribution in [3.63, 3.8) is 0 Å². The summed E-state index contributed by atoms with van der Waals surface area (Å²) in [5, 5.41) is 12.0. The Morgan fingerprint density at radius 3 is 2.91 bits per heavy atom. The number of aliphatic hydroxyl groups is 1. The standard InChI is InChI=1S/C15H18N4O4/c20-8-13(15(22)19-3-5-23-6-4-19)18-14(21)10-1-2-11-12(7-10)17-9-16-11/h1-2,7,9,13,20H,3-6,8H2,(H,16,17)(H,18,21). The molecule has 2 amide bonds. The number of aromatic nitrogens is 2. The summed E-state index contributed by atoms with van der Waals surface area (Å²) >= 11 is 0. The Bertz CT molecular complexity index is 708. The Balaban J connectivity index is 1.69. The van der Waals surface area contributed by atoms with Crippen LogP contribution in [0.5, 0.6) is 0 Å². The third-order valence-electron chi connectivity index (χ3n) is 3.79. The van der Waals surface area contributed by atoms with Gasteiger partial charge in [-0.1, -0.05) is 0 Å². The second-order valence-corrected chi connectivity index (χ2v) is 5.28. The number of imidazole rings is 1. The molecule has 1 unspecified atom stereocenters. The number of hydrogen-bond donors (Lipinski definition) is 3. The predicted octanol–water partition coefficient (Wildman–Crippen LogP) is -0.488. The molecule has 3 N–H and O–H groups in total. The summed E-state index contributed by atoms with van der Waals surface area (Å²) in [6.07, 6.45) is 1.55. The summed E-state index contributed by atoms with van der Waals surface area (Å²) in [6.45, 7) is 1.41. The highest BCUT2D eigenvalue weighted by molar-refractivity contribution is 5.99. The number of aliphatic hydroxyl groups excluding tert-OH is 1. The van der Waals surface area contributed by atoms with Crippen molar-refractivity contribution >= 4 is 22.8 Å². The molecule has 0 spiro atoms. The lowest BCUT2D eigenvalue weighted by molar-refractivity contribution is -0.138. The summed E-state index contributed by atoms with van der Waals surface area (Å²) in [7, 11) is 0. The molecule has 2 aromatic rings. The van der Waals surface area contributed by atoms with Gasteiger partial charge in [-0.3, -0.25) is 9.59 Å². The molecule has 1 aromatic heterocycles. The van der Waals surface area contributed by atoms with Gasteiger partial charge in [0.1, 0.15) is 6.04 Å². The van der Waals surface area contributed by atoms with E-state index < -0.39 is 18.6 Å². The second-order valence-electron chi connectivity index (χ2n) is 5.28. The number of benzene rings is 1. The van der Waals surface area contributed by atoms with Gasteiger partial charge in [-0.05, 0) is 18.2 Å². The van der Waals surface area contributed by atoms with Gasteiger partial charge >= 0.3 is 0 Å². The van der Waals surface area contributed by atoms with E-state index in [1.54, 1.807) is 29.4 Å². The van der Waals surface area contributed by atoms with E-state index in [2.05, 4.69) is 15.3 Å².